The highest BCUT2D eigenvalue weighted by atomic mass is 32.1. The third-order valence-corrected chi connectivity index (χ3v) is 5.43. The Labute approximate surface area is 144 Å². The maximum atomic E-state index is 12.0. The van der Waals surface area contributed by atoms with Crippen LogP contribution in [-0.2, 0) is 12.8 Å². The van der Waals surface area contributed by atoms with Crippen molar-refractivity contribution in [1.82, 2.24) is 15.3 Å². The molecule has 24 heavy (non-hydrogen) atoms. The van der Waals surface area contributed by atoms with Crippen LogP contribution in [0, 0.1) is 0 Å². The quantitative estimate of drug-likeness (QED) is 0.762. The molecule has 1 aliphatic carbocycles. The summed E-state index contributed by atoms with van der Waals surface area (Å²) in [5, 5.41) is 7.33. The highest BCUT2D eigenvalue weighted by molar-refractivity contribution is 7.19. The summed E-state index contributed by atoms with van der Waals surface area (Å²) < 4.78 is 0. The molecular formula is C18H18N4OS. The van der Waals surface area contributed by atoms with Gasteiger partial charge in [-0.3, -0.25) is 4.79 Å². The van der Waals surface area contributed by atoms with Crippen molar-refractivity contribution in [1.29, 1.82) is 0 Å². The molecule has 0 aliphatic heterocycles. The van der Waals surface area contributed by atoms with E-state index < -0.39 is 0 Å². The molecule has 2 heterocycles. The third-order valence-electron chi connectivity index (χ3n) is 4.23. The number of carbonyl (C=O) groups is 1. The Morgan fingerprint density at radius 1 is 1.29 bits per heavy atom. The summed E-state index contributed by atoms with van der Waals surface area (Å²) in [6, 6.07) is 7.49. The molecule has 4 rings (SSSR count). The van der Waals surface area contributed by atoms with E-state index in [2.05, 4.69) is 20.6 Å². The summed E-state index contributed by atoms with van der Waals surface area (Å²) >= 11 is 1.77. The molecule has 2 N–H and O–H groups in total. The highest BCUT2D eigenvalue weighted by Crippen LogP contribution is 2.39. The van der Waals surface area contributed by atoms with Gasteiger partial charge in [0.25, 0.3) is 5.91 Å². The van der Waals surface area contributed by atoms with Crippen molar-refractivity contribution in [2.24, 2.45) is 0 Å². The van der Waals surface area contributed by atoms with Crippen LogP contribution >= 0.6 is 11.3 Å². The Bertz CT molecular complexity index is 919. The van der Waals surface area contributed by atoms with Gasteiger partial charge in [0.15, 0.2) is 0 Å². The van der Waals surface area contributed by atoms with Crippen LogP contribution in [0.2, 0.25) is 0 Å². The van der Waals surface area contributed by atoms with Crippen molar-refractivity contribution in [2.75, 3.05) is 11.9 Å². The van der Waals surface area contributed by atoms with Crippen molar-refractivity contribution in [2.45, 2.75) is 26.2 Å². The molecule has 6 heteroatoms. The fourth-order valence-electron chi connectivity index (χ4n) is 3.16. The summed E-state index contributed by atoms with van der Waals surface area (Å²) in [6.45, 7) is 2.53. The molecule has 122 valence electrons. The van der Waals surface area contributed by atoms with Crippen LogP contribution < -0.4 is 10.6 Å². The number of carbonyl (C=O) groups excluding carboxylic acids is 1. The first-order chi connectivity index (χ1) is 11.8. The maximum absolute atomic E-state index is 12.0. The number of hydrogen-bond acceptors (Lipinski definition) is 5. The second-order valence-electron chi connectivity index (χ2n) is 5.83. The average molecular weight is 338 g/mol. The van der Waals surface area contributed by atoms with Crippen LogP contribution in [0.1, 0.15) is 34.1 Å². The largest absolute Gasteiger partial charge is 0.352 e. The molecule has 1 aliphatic rings. The molecule has 1 amide bonds. The molecule has 0 unspecified atom stereocenters. The number of aromatic nitrogens is 2. The number of anilines is 2. The molecular weight excluding hydrogens is 320 g/mol. The number of benzene rings is 1. The van der Waals surface area contributed by atoms with E-state index in [4.69, 9.17) is 0 Å². The first-order valence-electron chi connectivity index (χ1n) is 8.17. The van der Waals surface area contributed by atoms with E-state index in [0.717, 1.165) is 34.6 Å². The zero-order valence-corrected chi connectivity index (χ0v) is 14.2. The number of nitrogens with one attached hydrogen (secondary N) is 2. The fourth-order valence-corrected chi connectivity index (χ4v) is 4.39. The predicted octanol–water partition coefficient (Wildman–Crippen LogP) is 3.67. The van der Waals surface area contributed by atoms with Gasteiger partial charge in [0.1, 0.15) is 17.0 Å². The van der Waals surface area contributed by atoms with Gasteiger partial charge in [0.2, 0.25) is 0 Å². The first kappa shape index (κ1) is 15.1. The molecule has 0 spiro atoms. The molecule has 0 saturated carbocycles. The van der Waals surface area contributed by atoms with E-state index in [0.29, 0.717) is 12.1 Å². The van der Waals surface area contributed by atoms with E-state index in [1.54, 1.807) is 17.7 Å². The highest BCUT2D eigenvalue weighted by Gasteiger charge is 2.21. The van der Waals surface area contributed by atoms with Gasteiger partial charge in [-0.25, -0.2) is 9.97 Å². The number of rotatable bonds is 4. The smallest absolute Gasteiger partial charge is 0.251 e. The molecule has 3 aromatic rings. The van der Waals surface area contributed by atoms with Crippen LogP contribution in [0.4, 0.5) is 11.5 Å². The number of amides is 1. The lowest BCUT2D eigenvalue weighted by Crippen LogP contribution is -2.22. The van der Waals surface area contributed by atoms with Gasteiger partial charge in [-0.2, -0.15) is 0 Å². The van der Waals surface area contributed by atoms with E-state index >= 15 is 0 Å². The number of hydrogen-bond donors (Lipinski definition) is 2. The lowest BCUT2D eigenvalue weighted by atomic mass is 10.1. The Hall–Kier alpha value is -2.47. The second kappa shape index (κ2) is 6.20. The van der Waals surface area contributed by atoms with Crippen molar-refractivity contribution in [3.05, 3.63) is 46.6 Å². The Morgan fingerprint density at radius 3 is 3.08 bits per heavy atom. The maximum Gasteiger partial charge on any atom is 0.251 e. The van der Waals surface area contributed by atoms with Crippen LogP contribution in [0.15, 0.2) is 30.6 Å². The predicted molar refractivity (Wildman–Crippen MR) is 97.2 cm³/mol. The number of aryl methyl sites for hydroxylation is 2. The van der Waals surface area contributed by atoms with Crippen LogP contribution in [-0.4, -0.2) is 22.4 Å². The van der Waals surface area contributed by atoms with Crippen LogP contribution in [0.3, 0.4) is 0 Å². The third kappa shape index (κ3) is 2.63. The minimum Gasteiger partial charge on any atom is -0.352 e. The van der Waals surface area contributed by atoms with Crippen molar-refractivity contribution in [3.63, 3.8) is 0 Å². The van der Waals surface area contributed by atoms with E-state index in [9.17, 15) is 4.79 Å². The van der Waals surface area contributed by atoms with Gasteiger partial charge in [-0.05, 0) is 49.9 Å². The summed E-state index contributed by atoms with van der Waals surface area (Å²) in [6.07, 6.45) is 5.04. The molecule has 0 bridgehead atoms. The molecule has 0 fully saturated rings. The Morgan fingerprint density at radius 2 is 2.21 bits per heavy atom. The molecule has 0 atom stereocenters. The fraction of sp³-hybridized carbons (Fsp3) is 0.278. The summed E-state index contributed by atoms with van der Waals surface area (Å²) in [5.74, 6) is 0.762. The first-order valence-corrected chi connectivity index (χ1v) is 8.98. The summed E-state index contributed by atoms with van der Waals surface area (Å²) in [4.78, 5) is 23.4. The van der Waals surface area contributed by atoms with E-state index in [1.165, 1.54) is 16.9 Å². The number of fused-ring (bicyclic) bond motifs is 3. The van der Waals surface area contributed by atoms with Crippen LogP contribution in [0.5, 0.6) is 0 Å². The Balaban J connectivity index is 1.70. The molecule has 2 aromatic heterocycles. The average Bonchev–Trinajstić information content (AvgIpc) is 3.16. The SMILES string of the molecule is CCNC(=O)c1cccc(Nc2ncnc3sc4c(c23)CCC4)c1. The molecule has 0 radical (unpaired) electrons. The summed E-state index contributed by atoms with van der Waals surface area (Å²) in [7, 11) is 0. The molecule has 5 nitrogen and oxygen atoms in total. The van der Waals surface area contributed by atoms with E-state index in [1.807, 2.05) is 31.2 Å². The van der Waals surface area contributed by atoms with E-state index in [-0.39, 0.29) is 5.91 Å². The standard InChI is InChI=1S/C18H18N4OS/c1-2-19-17(23)11-5-3-6-12(9-11)22-16-15-13-7-4-8-14(13)24-18(15)21-10-20-16/h3,5-6,9-10H,2,4,7-8H2,1H3,(H,19,23)(H,20,21,22). The second-order valence-corrected chi connectivity index (χ2v) is 6.91. The van der Waals surface area contributed by atoms with Gasteiger partial charge >= 0.3 is 0 Å². The van der Waals surface area contributed by atoms with Gasteiger partial charge < -0.3 is 10.6 Å². The van der Waals surface area contributed by atoms with Gasteiger partial charge in [-0.1, -0.05) is 6.07 Å². The Kier molecular flexibility index (Phi) is 3.90. The topological polar surface area (TPSA) is 66.9 Å². The molecule has 1 aromatic carbocycles. The monoisotopic (exact) mass is 338 g/mol. The normalized spacial score (nSPS) is 13.0. The minimum absolute atomic E-state index is 0.0644. The van der Waals surface area contributed by atoms with Crippen molar-refractivity contribution in [3.8, 4) is 0 Å². The van der Waals surface area contributed by atoms with Crippen molar-refractivity contribution >= 4 is 39.0 Å². The van der Waals surface area contributed by atoms with Gasteiger partial charge in [-0.15, -0.1) is 11.3 Å². The van der Waals surface area contributed by atoms with Gasteiger partial charge in [0.05, 0.1) is 5.39 Å². The lowest BCUT2D eigenvalue weighted by molar-refractivity contribution is 0.0956. The minimum atomic E-state index is -0.0644. The lowest BCUT2D eigenvalue weighted by Gasteiger charge is -2.09. The number of nitrogens with zero attached hydrogens (tertiary/aromatic N) is 2. The molecule has 0 saturated heterocycles. The van der Waals surface area contributed by atoms with Crippen molar-refractivity contribution < 1.29 is 4.79 Å². The zero-order valence-electron chi connectivity index (χ0n) is 13.4. The van der Waals surface area contributed by atoms with Gasteiger partial charge in [0, 0.05) is 22.7 Å². The van der Waals surface area contributed by atoms with Crippen LogP contribution in [0.25, 0.3) is 10.2 Å². The number of thiophene rings is 1. The summed E-state index contributed by atoms with van der Waals surface area (Å²) in [5.41, 5.74) is 2.89. The zero-order chi connectivity index (χ0) is 16.5.